The van der Waals surface area contributed by atoms with Crippen LogP contribution in [0.25, 0.3) is 21.9 Å². The van der Waals surface area contributed by atoms with Crippen molar-refractivity contribution in [2.45, 2.75) is 0 Å². The van der Waals surface area contributed by atoms with Gasteiger partial charge in [0.2, 0.25) is 0 Å². The molecule has 26 heavy (non-hydrogen) atoms. The van der Waals surface area contributed by atoms with Crippen molar-refractivity contribution in [2.75, 3.05) is 0 Å². The van der Waals surface area contributed by atoms with E-state index in [0.29, 0.717) is 11.5 Å². The van der Waals surface area contributed by atoms with Crippen LogP contribution in [0.1, 0.15) is 0 Å². The van der Waals surface area contributed by atoms with Gasteiger partial charge in [0.15, 0.2) is 0 Å². The summed E-state index contributed by atoms with van der Waals surface area (Å²) in [6, 6.07) is 30.8. The Balaban J connectivity index is 1.48. The number of hydrogen-bond donors (Lipinski definition) is 0. The van der Waals surface area contributed by atoms with Crippen LogP contribution in [0.2, 0.25) is 0 Å². The quantitative estimate of drug-likeness (QED) is 0.335. The van der Waals surface area contributed by atoms with Gasteiger partial charge in [-0.2, -0.15) is 0 Å². The van der Waals surface area contributed by atoms with Crippen LogP contribution >= 0.6 is 0 Å². The summed E-state index contributed by atoms with van der Waals surface area (Å²) in [4.78, 5) is 11.8. The smallest absolute Gasteiger partial charge is 0.395 e. The van der Waals surface area contributed by atoms with E-state index in [1.165, 1.54) is 10.8 Å². The molecule has 0 radical (unpaired) electrons. The average Bonchev–Trinajstić information content (AvgIpc) is 2.69. The molecule has 0 saturated carbocycles. The maximum absolute atomic E-state index is 11.8. The molecule has 0 atom stereocenters. The molecule has 0 aliphatic carbocycles. The molecule has 0 fully saturated rings. The van der Waals surface area contributed by atoms with E-state index in [2.05, 4.69) is 30.3 Å². The number of para-hydroxylation sites is 1. The third-order valence-corrected chi connectivity index (χ3v) is 4.08. The number of benzene rings is 4. The second kappa shape index (κ2) is 7.11. The first kappa shape index (κ1) is 15.9. The molecule has 0 spiro atoms. The maximum atomic E-state index is 11.8. The molecule has 126 valence electrons. The van der Waals surface area contributed by atoms with E-state index in [1.807, 2.05) is 30.3 Å². The van der Waals surface area contributed by atoms with E-state index in [4.69, 9.17) is 9.47 Å². The minimum Gasteiger partial charge on any atom is -0.395 e. The molecular weight excluding hydrogens is 324 g/mol. The molecule has 0 amide bonds. The van der Waals surface area contributed by atoms with Crippen LogP contribution < -0.4 is 9.47 Å². The van der Waals surface area contributed by atoms with E-state index in [0.717, 1.165) is 11.1 Å². The van der Waals surface area contributed by atoms with Gasteiger partial charge in [-0.15, -0.1) is 0 Å². The highest BCUT2D eigenvalue weighted by atomic mass is 16.7. The average molecular weight is 340 g/mol. The molecule has 3 heteroatoms. The molecule has 4 aromatic carbocycles. The summed E-state index contributed by atoms with van der Waals surface area (Å²) in [5.41, 5.74) is 2.17. The van der Waals surface area contributed by atoms with E-state index >= 15 is 0 Å². The number of carbonyl (C=O) groups excluding carboxylic acids is 1. The van der Waals surface area contributed by atoms with Crippen LogP contribution in [0, 0.1) is 0 Å². The molecule has 0 unspecified atom stereocenters. The van der Waals surface area contributed by atoms with E-state index in [9.17, 15) is 4.79 Å². The summed E-state index contributed by atoms with van der Waals surface area (Å²) in [5, 5.41) is 2.40. The zero-order valence-corrected chi connectivity index (χ0v) is 14.0. The van der Waals surface area contributed by atoms with Gasteiger partial charge in [0.05, 0.1) is 0 Å². The van der Waals surface area contributed by atoms with Crippen molar-refractivity contribution in [3.05, 3.63) is 97.1 Å². The molecule has 0 aliphatic heterocycles. The van der Waals surface area contributed by atoms with Gasteiger partial charge in [0.25, 0.3) is 0 Å². The van der Waals surface area contributed by atoms with Crippen LogP contribution in [-0.4, -0.2) is 6.16 Å². The third-order valence-electron chi connectivity index (χ3n) is 4.08. The van der Waals surface area contributed by atoms with Gasteiger partial charge in [-0.05, 0) is 52.2 Å². The van der Waals surface area contributed by atoms with Crippen molar-refractivity contribution in [1.82, 2.24) is 0 Å². The minimum atomic E-state index is -0.755. The number of rotatable bonds is 3. The molecule has 0 aliphatic rings. The summed E-state index contributed by atoms with van der Waals surface area (Å²) < 4.78 is 10.3. The van der Waals surface area contributed by atoms with Gasteiger partial charge in [0.1, 0.15) is 11.5 Å². The molecule has 3 nitrogen and oxygen atoms in total. The first-order valence-corrected chi connectivity index (χ1v) is 8.32. The summed E-state index contributed by atoms with van der Waals surface area (Å²) in [6.07, 6.45) is -0.755. The van der Waals surface area contributed by atoms with E-state index in [-0.39, 0.29) is 0 Å². The molecule has 0 aromatic heterocycles. The Labute approximate surface area is 151 Å². The Morgan fingerprint density at radius 2 is 1.12 bits per heavy atom. The van der Waals surface area contributed by atoms with Gasteiger partial charge in [0, 0.05) is 0 Å². The van der Waals surface area contributed by atoms with Gasteiger partial charge < -0.3 is 9.47 Å². The van der Waals surface area contributed by atoms with Crippen LogP contribution in [0.3, 0.4) is 0 Å². The highest BCUT2D eigenvalue weighted by Crippen LogP contribution is 2.26. The number of ether oxygens (including phenoxy) is 2. The maximum Gasteiger partial charge on any atom is 0.519 e. The van der Waals surface area contributed by atoms with Crippen LogP contribution in [-0.2, 0) is 0 Å². The highest BCUT2D eigenvalue weighted by Gasteiger charge is 2.08. The zero-order chi connectivity index (χ0) is 17.8. The Hall–Kier alpha value is -3.59. The fourth-order valence-corrected chi connectivity index (χ4v) is 2.79. The van der Waals surface area contributed by atoms with Crippen molar-refractivity contribution in [3.8, 4) is 22.6 Å². The SMILES string of the molecule is O=C(Oc1ccccc1)Oc1ccc(-c2ccc3ccccc3c2)cc1. The Kier molecular flexibility index (Phi) is 4.35. The van der Waals surface area contributed by atoms with Gasteiger partial charge in [-0.1, -0.05) is 66.7 Å². The van der Waals surface area contributed by atoms with Crippen LogP contribution in [0.4, 0.5) is 4.79 Å². The summed E-state index contributed by atoms with van der Waals surface area (Å²) in [6.45, 7) is 0. The summed E-state index contributed by atoms with van der Waals surface area (Å²) in [5.74, 6) is 0.890. The standard InChI is InChI=1S/C23H16O3/c24-23(25-21-8-2-1-3-9-21)26-22-14-12-18(13-15-22)20-11-10-17-6-4-5-7-19(17)16-20/h1-16H. The van der Waals surface area contributed by atoms with Crippen LogP contribution in [0.15, 0.2) is 97.1 Å². The largest absolute Gasteiger partial charge is 0.519 e. The number of fused-ring (bicyclic) bond motifs is 1. The predicted molar refractivity (Wildman–Crippen MR) is 102 cm³/mol. The predicted octanol–water partition coefficient (Wildman–Crippen LogP) is 6.08. The van der Waals surface area contributed by atoms with Crippen molar-refractivity contribution in [2.24, 2.45) is 0 Å². The molecule has 4 aromatic rings. The Morgan fingerprint density at radius 3 is 1.85 bits per heavy atom. The molecular formula is C23H16O3. The zero-order valence-electron chi connectivity index (χ0n) is 14.0. The van der Waals surface area contributed by atoms with Crippen molar-refractivity contribution >= 4 is 16.9 Å². The second-order valence-electron chi connectivity index (χ2n) is 5.85. The first-order valence-electron chi connectivity index (χ1n) is 8.32. The summed E-state index contributed by atoms with van der Waals surface area (Å²) in [7, 11) is 0. The van der Waals surface area contributed by atoms with Gasteiger partial charge in [-0.3, -0.25) is 0 Å². The monoisotopic (exact) mass is 340 g/mol. The van der Waals surface area contributed by atoms with Crippen molar-refractivity contribution in [1.29, 1.82) is 0 Å². The lowest BCUT2D eigenvalue weighted by Crippen LogP contribution is -2.13. The van der Waals surface area contributed by atoms with Crippen molar-refractivity contribution in [3.63, 3.8) is 0 Å². The van der Waals surface area contributed by atoms with Gasteiger partial charge in [-0.25, -0.2) is 4.79 Å². The normalized spacial score (nSPS) is 10.5. The van der Waals surface area contributed by atoms with Crippen LogP contribution in [0.5, 0.6) is 11.5 Å². The molecule has 0 heterocycles. The number of hydrogen-bond acceptors (Lipinski definition) is 3. The third kappa shape index (κ3) is 3.57. The Bertz CT molecular complexity index is 1040. The second-order valence-corrected chi connectivity index (χ2v) is 5.85. The molecule has 0 bridgehead atoms. The Morgan fingerprint density at radius 1 is 0.538 bits per heavy atom. The number of carbonyl (C=O) groups is 1. The first-order chi connectivity index (χ1) is 12.8. The van der Waals surface area contributed by atoms with E-state index < -0.39 is 6.16 Å². The lowest BCUT2D eigenvalue weighted by atomic mass is 10.0. The lowest BCUT2D eigenvalue weighted by Gasteiger charge is -2.07. The minimum absolute atomic E-state index is 0.440. The highest BCUT2D eigenvalue weighted by molar-refractivity contribution is 5.87. The lowest BCUT2D eigenvalue weighted by molar-refractivity contribution is 0.152. The van der Waals surface area contributed by atoms with Gasteiger partial charge >= 0.3 is 6.16 Å². The fraction of sp³-hybridized carbons (Fsp3) is 0. The molecule has 0 N–H and O–H groups in total. The molecule has 4 rings (SSSR count). The summed E-state index contributed by atoms with van der Waals surface area (Å²) >= 11 is 0. The van der Waals surface area contributed by atoms with Crippen molar-refractivity contribution < 1.29 is 14.3 Å². The topological polar surface area (TPSA) is 35.5 Å². The van der Waals surface area contributed by atoms with E-state index in [1.54, 1.807) is 36.4 Å². The molecule has 0 saturated heterocycles. The fourth-order valence-electron chi connectivity index (χ4n) is 2.79.